The van der Waals surface area contributed by atoms with E-state index in [1.807, 2.05) is 77.7 Å². The zero-order valence-corrected chi connectivity index (χ0v) is 23.3. The smallest absolute Gasteiger partial charge is 0.227 e. The van der Waals surface area contributed by atoms with Gasteiger partial charge in [0.25, 0.3) is 0 Å². The standard InChI is InChI=1S/C34H31BrFNO2/c35-27-13-16-30(31(22-27)39-23-24-7-3-1-4-8-24)33-25(21-32(38)37(33)29-9-5-2-6-10-29)17-18-34(19-20-34)26-11-14-28(36)15-12-26/h1-16,22,25,33H,17-21,23H2/t25-,33+/m1/s1. The van der Waals surface area contributed by atoms with Crippen molar-refractivity contribution in [3.05, 3.63) is 130 Å². The summed E-state index contributed by atoms with van der Waals surface area (Å²) in [5, 5.41) is 0. The second kappa shape index (κ2) is 11.0. The largest absolute Gasteiger partial charge is 0.489 e. The molecule has 1 heterocycles. The van der Waals surface area contributed by atoms with Crippen LogP contribution in [0.4, 0.5) is 10.1 Å². The Morgan fingerprint density at radius 2 is 1.59 bits per heavy atom. The predicted molar refractivity (Wildman–Crippen MR) is 156 cm³/mol. The van der Waals surface area contributed by atoms with Crippen molar-refractivity contribution in [1.82, 2.24) is 0 Å². The summed E-state index contributed by atoms with van der Waals surface area (Å²) in [5.74, 6) is 0.863. The fourth-order valence-electron chi connectivity index (χ4n) is 6.06. The normalized spacial score (nSPS) is 19.7. The first-order chi connectivity index (χ1) is 19.0. The number of benzene rings is 4. The van der Waals surface area contributed by atoms with Gasteiger partial charge >= 0.3 is 0 Å². The Labute approximate surface area is 237 Å². The first kappa shape index (κ1) is 25.8. The van der Waals surface area contributed by atoms with E-state index >= 15 is 0 Å². The summed E-state index contributed by atoms with van der Waals surface area (Å²) in [7, 11) is 0. The first-order valence-electron chi connectivity index (χ1n) is 13.6. The van der Waals surface area contributed by atoms with Crippen molar-refractivity contribution in [3.8, 4) is 5.75 Å². The molecule has 0 unspecified atom stereocenters. The third-order valence-corrected chi connectivity index (χ3v) is 8.79. The number of anilines is 1. The van der Waals surface area contributed by atoms with E-state index in [0.29, 0.717) is 13.0 Å². The summed E-state index contributed by atoms with van der Waals surface area (Å²) in [5.41, 5.74) is 4.33. The summed E-state index contributed by atoms with van der Waals surface area (Å²) in [6, 6.07) is 33.1. The second-order valence-electron chi connectivity index (χ2n) is 10.8. The maximum absolute atomic E-state index is 13.6. The average Bonchev–Trinajstić information content (AvgIpc) is 3.68. The summed E-state index contributed by atoms with van der Waals surface area (Å²) >= 11 is 3.63. The molecule has 1 aliphatic heterocycles. The SMILES string of the molecule is O=C1C[C@@H](CCC2(c3ccc(F)cc3)CC2)[C@@H](c2ccc(Br)cc2OCc2ccccc2)N1c1ccccc1. The Balaban J connectivity index is 1.32. The molecule has 198 valence electrons. The fourth-order valence-corrected chi connectivity index (χ4v) is 6.40. The van der Waals surface area contributed by atoms with Gasteiger partial charge in [0.2, 0.25) is 5.91 Å². The molecule has 4 aromatic carbocycles. The van der Waals surface area contributed by atoms with Gasteiger partial charge in [-0.25, -0.2) is 4.39 Å². The topological polar surface area (TPSA) is 29.5 Å². The van der Waals surface area contributed by atoms with E-state index in [2.05, 4.69) is 34.1 Å². The Bertz CT molecular complexity index is 1440. The zero-order valence-electron chi connectivity index (χ0n) is 21.7. The Morgan fingerprint density at radius 1 is 0.897 bits per heavy atom. The summed E-state index contributed by atoms with van der Waals surface area (Å²) in [6.07, 6.45) is 4.59. The van der Waals surface area contributed by atoms with Crippen LogP contribution in [0.1, 0.15) is 54.8 Å². The maximum atomic E-state index is 13.6. The predicted octanol–water partition coefficient (Wildman–Crippen LogP) is 8.77. The lowest BCUT2D eigenvalue weighted by atomic mass is 9.83. The molecular formula is C34H31BrFNO2. The summed E-state index contributed by atoms with van der Waals surface area (Å²) < 4.78 is 21.0. The van der Waals surface area contributed by atoms with Gasteiger partial charge in [0.1, 0.15) is 18.2 Å². The van der Waals surface area contributed by atoms with Crippen LogP contribution in [0.3, 0.4) is 0 Å². The monoisotopic (exact) mass is 583 g/mol. The molecule has 0 spiro atoms. The van der Waals surface area contributed by atoms with E-state index in [1.54, 1.807) is 12.1 Å². The van der Waals surface area contributed by atoms with Crippen molar-refractivity contribution in [1.29, 1.82) is 0 Å². The molecule has 0 bridgehead atoms. The Hall–Kier alpha value is -3.44. The first-order valence-corrected chi connectivity index (χ1v) is 14.4. The maximum Gasteiger partial charge on any atom is 0.227 e. The van der Waals surface area contributed by atoms with Crippen LogP contribution in [-0.4, -0.2) is 5.91 Å². The lowest BCUT2D eigenvalue weighted by Gasteiger charge is -2.31. The molecular weight excluding hydrogens is 553 g/mol. The molecule has 39 heavy (non-hydrogen) atoms. The van der Waals surface area contributed by atoms with Gasteiger partial charge in [0, 0.05) is 22.1 Å². The number of carbonyl (C=O) groups is 1. The highest BCUT2D eigenvalue weighted by Gasteiger charge is 2.47. The van der Waals surface area contributed by atoms with Crippen LogP contribution in [0.25, 0.3) is 0 Å². The van der Waals surface area contributed by atoms with Gasteiger partial charge in [-0.3, -0.25) is 4.79 Å². The number of carbonyl (C=O) groups excluding carboxylic acids is 1. The minimum Gasteiger partial charge on any atom is -0.489 e. The van der Waals surface area contributed by atoms with Crippen molar-refractivity contribution in [2.24, 2.45) is 5.92 Å². The van der Waals surface area contributed by atoms with Gasteiger partial charge in [-0.2, -0.15) is 0 Å². The lowest BCUT2D eigenvalue weighted by molar-refractivity contribution is -0.117. The zero-order chi connectivity index (χ0) is 26.8. The molecule has 1 saturated carbocycles. The van der Waals surface area contributed by atoms with E-state index < -0.39 is 0 Å². The van der Waals surface area contributed by atoms with E-state index in [0.717, 1.165) is 52.7 Å². The van der Waals surface area contributed by atoms with E-state index in [1.165, 1.54) is 5.56 Å². The van der Waals surface area contributed by atoms with Crippen LogP contribution in [0.5, 0.6) is 5.75 Å². The number of amides is 1. The van der Waals surface area contributed by atoms with Crippen molar-refractivity contribution in [2.45, 2.75) is 50.2 Å². The molecule has 2 atom stereocenters. The van der Waals surface area contributed by atoms with Crippen molar-refractivity contribution >= 4 is 27.5 Å². The van der Waals surface area contributed by atoms with Crippen LogP contribution in [-0.2, 0) is 16.8 Å². The molecule has 0 N–H and O–H groups in total. The molecule has 0 aromatic heterocycles. The Kier molecular flexibility index (Phi) is 7.26. The minimum atomic E-state index is -0.201. The van der Waals surface area contributed by atoms with Crippen LogP contribution in [0.15, 0.2) is 108 Å². The van der Waals surface area contributed by atoms with Gasteiger partial charge in [0.15, 0.2) is 0 Å². The number of ether oxygens (including phenoxy) is 1. The molecule has 6 rings (SSSR count). The van der Waals surface area contributed by atoms with E-state index in [9.17, 15) is 9.18 Å². The molecule has 3 nitrogen and oxygen atoms in total. The Morgan fingerprint density at radius 3 is 2.28 bits per heavy atom. The molecule has 0 radical (unpaired) electrons. The van der Waals surface area contributed by atoms with Crippen molar-refractivity contribution in [3.63, 3.8) is 0 Å². The molecule has 5 heteroatoms. The number of rotatable bonds is 9. The van der Waals surface area contributed by atoms with Crippen LogP contribution >= 0.6 is 15.9 Å². The quantitative estimate of drug-likeness (QED) is 0.197. The molecule has 2 aliphatic rings. The molecule has 1 aliphatic carbocycles. The summed E-state index contributed by atoms with van der Waals surface area (Å²) in [6.45, 7) is 0.453. The molecule has 2 fully saturated rings. The number of halogens is 2. The molecule has 4 aromatic rings. The molecule has 1 amide bonds. The van der Waals surface area contributed by atoms with Crippen LogP contribution in [0, 0.1) is 11.7 Å². The number of nitrogens with zero attached hydrogens (tertiary/aromatic N) is 1. The van der Waals surface area contributed by atoms with Crippen LogP contribution in [0.2, 0.25) is 0 Å². The third-order valence-electron chi connectivity index (χ3n) is 8.30. The fraction of sp³-hybridized carbons (Fsp3) is 0.265. The third kappa shape index (κ3) is 5.51. The second-order valence-corrected chi connectivity index (χ2v) is 11.7. The van der Waals surface area contributed by atoms with Crippen molar-refractivity contribution < 1.29 is 13.9 Å². The number of hydrogen-bond donors (Lipinski definition) is 0. The van der Waals surface area contributed by atoms with Gasteiger partial charge in [-0.15, -0.1) is 0 Å². The van der Waals surface area contributed by atoms with Crippen molar-refractivity contribution in [2.75, 3.05) is 4.90 Å². The minimum absolute atomic E-state index is 0.0911. The van der Waals surface area contributed by atoms with Crippen LogP contribution < -0.4 is 9.64 Å². The van der Waals surface area contributed by atoms with Gasteiger partial charge in [-0.05, 0) is 84.5 Å². The summed E-state index contributed by atoms with van der Waals surface area (Å²) in [4.78, 5) is 15.6. The van der Waals surface area contributed by atoms with Gasteiger partial charge in [0.05, 0.1) is 6.04 Å². The van der Waals surface area contributed by atoms with Gasteiger partial charge < -0.3 is 9.64 Å². The molecule has 1 saturated heterocycles. The van der Waals surface area contributed by atoms with Gasteiger partial charge in [-0.1, -0.05) is 82.7 Å². The van der Waals surface area contributed by atoms with E-state index in [4.69, 9.17) is 4.74 Å². The highest BCUT2D eigenvalue weighted by molar-refractivity contribution is 9.10. The number of para-hydroxylation sites is 1. The highest BCUT2D eigenvalue weighted by Crippen LogP contribution is 2.55. The number of hydrogen-bond acceptors (Lipinski definition) is 2. The average molecular weight is 585 g/mol. The van der Waals surface area contributed by atoms with E-state index in [-0.39, 0.29) is 29.1 Å². The lowest BCUT2D eigenvalue weighted by Crippen LogP contribution is -2.29. The highest BCUT2D eigenvalue weighted by atomic mass is 79.9.